The zero-order valence-electron chi connectivity index (χ0n) is 76.8. The summed E-state index contributed by atoms with van der Waals surface area (Å²) in [5, 5.41) is 104. The maximum absolute atomic E-state index is 14.5. The second kappa shape index (κ2) is 61.4. The summed E-state index contributed by atoms with van der Waals surface area (Å²) < 4.78 is 0. The van der Waals surface area contributed by atoms with Crippen molar-refractivity contribution in [2.24, 2.45) is 40.3 Å². The molecule has 134 heavy (non-hydrogen) atoms. The Morgan fingerprint density at radius 1 is 0.284 bits per heavy atom. The summed E-state index contributed by atoms with van der Waals surface area (Å²) in [5.74, 6) is -23.1. The van der Waals surface area contributed by atoms with E-state index in [2.05, 4.69) is 74.4 Å². The number of carbonyl (C=O) groups excluding carboxylic acids is 17. The van der Waals surface area contributed by atoms with Crippen LogP contribution >= 0.6 is 0 Å². The normalized spacial score (nSPS) is 18.0. The molecule has 3 rings (SSSR count). The molecule has 3 fully saturated rings. The van der Waals surface area contributed by atoms with E-state index in [9.17, 15) is 136 Å². The van der Waals surface area contributed by atoms with E-state index in [1.807, 2.05) is 0 Å². The molecule has 3 saturated heterocycles. The number of aliphatic hydroxyl groups is 3. The molecule has 18 atom stereocenters. The minimum absolute atomic E-state index is 0.0122. The summed E-state index contributed by atoms with van der Waals surface area (Å²) in [7, 11) is 0. The van der Waals surface area contributed by atoms with Crippen LogP contribution in [-0.2, 0) is 101 Å². The Hall–Kier alpha value is -11.5. The van der Waals surface area contributed by atoms with Gasteiger partial charge in [-0.3, -0.25) is 95.9 Å². The summed E-state index contributed by atoms with van der Waals surface area (Å²) in [6.45, 7) is 4.47. The van der Waals surface area contributed by atoms with Crippen LogP contribution in [-0.4, -0.2) is 356 Å². The number of carbonyl (C=O) groups is 21. The van der Waals surface area contributed by atoms with Gasteiger partial charge >= 0.3 is 23.9 Å². The highest BCUT2D eigenvalue weighted by atomic mass is 16.4. The quantitative estimate of drug-likeness (QED) is 0.0251. The van der Waals surface area contributed by atoms with E-state index in [0.29, 0.717) is 38.5 Å². The molecule has 0 unspecified atom stereocenters. The topological polar surface area (TPSA) is 834 Å². The van der Waals surface area contributed by atoms with Crippen molar-refractivity contribution in [3.05, 3.63) is 0 Å². The molecule has 758 valence electrons. The van der Waals surface area contributed by atoms with Gasteiger partial charge in [0.1, 0.15) is 103 Å². The van der Waals surface area contributed by atoms with Crippen molar-refractivity contribution in [1.29, 1.82) is 0 Å². The lowest BCUT2D eigenvalue weighted by Gasteiger charge is -2.31. The van der Waals surface area contributed by atoms with Crippen molar-refractivity contribution in [2.75, 3.05) is 72.2 Å². The van der Waals surface area contributed by atoms with Gasteiger partial charge in [-0.25, -0.2) is 4.79 Å². The van der Waals surface area contributed by atoms with Gasteiger partial charge in [0.2, 0.25) is 100 Å². The first-order chi connectivity index (χ1) is 63.5. The van der Waals surface area contributed by atoms with Crippen LogP contribution in [0.2, 0.25) is 0 Å². The van der Waals surface area contributed by atoms with Crippen LogP contribution < -0.4 is 109 Å². The lowest BCUT2D eigenvalue weighted by atomic mass is 10.0. The van der Waals surface area contributed by atoms with Gasteiger partial charge in [0, 0.05) is 38.9 Å². The van der Waals surface area contributed by atoms with E-state index in [1.165, 1.54) is 27.7 Å². The Balaban J connectivity index is 1.83. The van der Waals surface area contributed by atoms with Crippen LogP contribution in [0.1, 0.15) is 208 Å². The van der Waals surface area contributed by atoms with Gasteiger partial charge in [0.25, 0.3) is 0 Å². The number of rotatable bonds is 65. The van der Waals surface area contributed by atoms with E-state index in [1.54, 1.807) is 0 Å². The fourth-order valence-electron chi connectivity index (χ4n) is 15.1. The minimum atomic E-state index is -1.85. The van der Waals surface area contributed by atoms with Crippen LogP contribution in [0.25, 0.3) is 0 Å². The van der Waals surface area contributed by atoms with Gasteiger partial charge in [-0.05, 0) is 214 Å². The van der Waals surface area contributed by atoms with E-state index < -0.39 is 297 Å². The number of carboxylic acids is 4. The lowest BCUT2D eigenvalue weighted by molar-refractivity contribution is -0.150. The van der Waals surface area contributed by atoms with Crippen molar-refractivity contribution in [1.82, 2.24) is 89.1 Å². The third-order valence-electron chi connectivity index (χ3n) is 22.8. The Morgan fingerprint density at radius 2 is 0.515 bits per heavy atom. The van der Waals surface area contributed by atoms with E-state index >= 15 is 0 Å². The highest BCUT2D eigenvalue weighted by molar-refractivity contribution is 6.02. The van der Waals surface area contributed by atoms with E-state index in [4.69, 9.17) is 34.4 Å². The van der Waals surface area contributed by atoms with Crippen LogP contribution in [0.5, 0.6) is 0 Å². The number of unbranched alkanes of at least 4 members (excludes halogenated alkanes) is 5. The molecule has 3 aliphatic heterocycles. The van der Waals surface area contributed by atoms with Crippen LogP contribution in [0, 0.1) is 5.92 Å². The molecule has 33 N–H and O–H groups in total. The fraction of sp³-hybridized carbons (Fsp3) is 0.747. The van der Waals surface area contributed by atoms with Crippen LogP contribution in [0.15, 0.2) is 0 Å². The molecule has 0 saturated carbocycles. The molecule has 51 nitrogen and oxygen atoms in total. The lowest BCUT2D eigenvalue weighted by Crippen LogP contribution is -2.61. The molecule has 0 aliphatic carbocycles. The number of carboxylic acid groups (broad SMARTS) is 4. The highest BCUT2D eigenvalue weighted by Crippen LogP contribution is 2.24. The maximum atomic E-state index is 14.5. The Morgan fingerprint density at radius 3 is 0.776 bits per heavy atom. The van der Waals surface area contributed by atoms with Crippen LogP contribution in [0.4, 0.5) is 0 Å². The summed E-state index contributed by atoms with van der Waals surface area (Å²) in [6.07, 6.45) is -0.907. The van der Waals surface area contributed by atoms with Gasteiger partial charge < -0.3 is 159 Å². The molecule has 3 aliphatic rings. The number of nitrogens with one attached hydrogen (secondary N) is 14. The van der Waals surface area contributed by atoms with E-state index in [-0.39, 0.29) is 149 Å². The first-order valence-electron chi connectivity index (χ1n) is 45.6. The summed E-state index contributed by atoms with van der Waals surface area (Å²) in [4.78, 5) is 289. The zero-order chi connectivity index (χ0) is 101. The molecule has 17 amide bonds. The fourth-order valence-corrected chi connectivity index (χ4v) is 15.1. The largest absolute Gasteiger partial charge is 0.481 e. The average Bonchev–Trinajstić information content (AvgIpc) is 1.67. The first-order valence-corrected chi connectivity index (χ1v) is 45.6. The molecular weight excluding hydrogens is 1770 g/mol. The number of nitrogens with zero attached hydrogens (tertiary/aromatic N) is 3. The van der Waals surface area contributed by atoms with Crippen LogP contribution in [0.3, 0.4) is 0 Å². The van der Waals surface area contributed by atoms with Gasteiger partial charge in [-0.15, -0.1) is 0 Å². The van der Waals surface area contributed by atoms with Crippen molar-refractivity contribution >= 4 is 124 Å². The van der Waals surface area contributed by atoms with Gasteiger partial charge in [0.05, 0.1) is 25.9 Å². The Bertz CT molecular complexity index is 3960. The summed E-state index contributed by atoms with van der Waals surface area (Å²) in [5.41, 5.74) is 34.3. The second-order valence-electron chi connectivity index (χ2n) is 33.8. The van der Waals surface area contributed by atoms with Gasteiger partial charge in [-0.1, -0.05) is 13.8 Å². The number of nitrogens with two attached hydrogens (primary N) is 6. The molecule has 51 heteroatoms. The van der Waals surface area contributed by atoms with Gasteiger partial charge in [-0.2, -0.15) is 0 Å². The molecule has 0 spiro atoms. The number of hydrogen-bond donors (Lipinski definition) is 27. The van der Waals surface area contributed by atoms with Crippen molar-refractivity contribution in [2.45, 2.75) is 317 Å². The molecule has 0 aromatic rings. The molecule has 0 aromatic heterocycles. The smallest absolute Gasteiger partial charge is 0.326 e. The van der Waals surface area contributed by atoms with Crippen molar-refractivity contribution in [3.8, 4) is 0 Å². The standard InChI is InChI=1S/C83H143N23O28/c1-44(2)65(79(129)99-52(23-10-15-37-88)71(121)97-54(28-31-63(112)113)75(125)96-53(27-30-62(110)111)70(120)91-47(5)68(118)94-51(22-9-14-36-87)74(124)102-58(43-109)82(132)106-40-18-26-61(106)83(133)134)103-78(128)60-25-17-39-105(60)81(131)57(42-108)101-73(123)50(21-8-13-35-86)93-67(117)46(4)90-69(119)48(19-6-11-33-84)95-76(126)55(29-32-64(114)115)98-77(127)59-24-16-38-104(59)80(130)56(41-107)100-72(122)49(20-7-12-34-85)92-66(116)45(3)89/h44-61,65,107-109H,6-43,84-89H2,1-5H3,(H,90,119)(H,91,120)(H,92,116)(H,93,117)(H,94,118)(H,95,126)(H,96,125)(H,97,121)(H,98,127)(H,99,129)(H,100,122)(H,101,123)(H,102,124)(H,103,128)(H,110,111)(H,112,113)(H,114,115)(H,133,134)/t45-,46-,47-,48-,49-,50-,51-,52-,53-,54-,55-,56-,57-,58-,59-,60-,61-,65-/m0/s1. The minimum Gasteiger partial charge on any atom is -0.481 e. The molecule has 0 bridgehead atoms. The zero-order valence-corrected chi connectivity index (χ0v) is 76.8. The Kier molecular flexibility index (Phi) is 53.5. The number of aliphatic hydroxyl groups excluding tert-OH is 3. The molecule has 0 radical (unpaired) electrons. The SMILES string of the molecule is CC(C)[C@H](NC(=O)[C@@H]1CCCN1C(=O)[C@H](CO)NC(=O)[C@H](CCCCN)NC(=O)[C@H](C)NC(=O)[C@H](CCCCN)NC(=O)[C@H](CCC(=O)O)NC(=O)[C@@H]1CCCN1C(=O)[C@H](CO)NC(=O)[C@H](CCCCN)NC(=O)[C@H](C)N)C(=O)N[C@@H](CCCCN)C(=O)N[C@@H](CCC(=O)O)C(=O)N[C@@H](CCC(=O)O)C(=O)N[C@@H](C)C(=O)N[C@@H](CCCCN)C(=O)N[C@@H](CO)C(=O)N1CCC[C@H]1C(=O)O. The number of aliphatic carboxylic acids is 4. The summed E-state index contributed by atoms with van der Waals surface area (Å²) >= 11 is 0. The van der Waals surface area contributed by atoms with E-state index in [0.717, 1.165) is 21.6 Å². The van der Waals surface area contributed by atoms with Gasteiger partial charge in [0.15, 0.2) is 0 Å². The molecular formula is C83H143N23O28. The number of amides is 17. The number of likely N-dealkylation sites (tertiary alicyclic amines) is 3. The third kappa shape index (κ3) is 39.6. The maximum Gasteiger partial charge on any atom is 0.326 e. The molecule has 0 aromatic carbocycles. The monoisotopic (exact) mass is 1910 g/mol. The Labute approximate surface area is 776 Å². The highest BCUT2D eigenvalue weighted by Gasteiger charge is 2.45. The second-order valence-corrected chi connectivity index (χ2v) is 33.8. The van der Waals surface area contributed by atoms with Crippen molar-refractivity contribution < 1.29 is 136 Å². The summed E-state index contributed by atoms with van der Waals surface area (Å²) in [6, 6.07) is -27.1. The molecule has 3 heterocycles. The predicted octanol–water partition coefficient (Wildman–Crippen LogP) is -9.91. The van der Waals surface area contributed by atoms with Crippen molar-refractivity contribution in [3.63, 3.8) is 0 Å². The predicted molar refractivity (Wildman–Crippen MR) is 475 cm³/mol. The first kappa shape index (κ1) is 117. The third-order valence-corrected chi connectivity index (χ3v) is 22.8. The number of hydrogen-bond acceptors (Lipinski definition) is 30. The average molecular weight is 1910 g/mol.